The Bertz CT molecular complexity index is 335. The van der Waals surface area contributed by atoms with Crippen molar-refractivity contribution in [3.63, 3.8) is 0 Å². The fourth-order valence-electron chi connectivity index (χ4n) is 1.87. The fraction of sp³-hybridized carbons (Fsp3) is 0.571. The molecular formula is C14H23NO2. The van der Waals surface area contributed by atoms with Gasteiger partial charge in [0.25, 0.3) is 0 Å². The van der Waals surface area contributed by atoms with E-state index in [0.717, 1.165) is 24.2 Å². The molecule has 0 saturated heterocycles. The van der Waals surface area contributed by atoms with Crippen molar-refractivity contribution in [1.29, 1.82) is 0 Å². The highest BCUT2D eigenvalue weighted by Crippen LogP contribution is 2.32. The van der Waals surface area contributed by atoms with Gasteiger partial charge in [-0.3, -0.25) is 0 Å². The number of para-hydroxylation sites is 1. The van der Waals surface area contributed by atoms with Crippen LogP contribution in [0.4, 0.5) is 0 Å². The Labute approximate surface area is 104 Å². The maximum Gasteiger partial charge on any atom is 0.124 e. The van der Waals surface area contributed by atoms with Crippen molar-refractivity contribution in [3.05, 3.63) is 29.8 Å². The van der Waals surface area contributed by atoms with Gasteiger partial charge >= 0.3 is 0 Å². The van der Waals surface area contributed by atoms with E-state index in [1.54, 1.807) is 7.11 Å². The van der Waals surface area contributed by atoms with Gasteiger partial charge in [0.05, 0.1) is 6.61 Å². The number of ether oxygens (including phenoxy) is 2. The summed E-state index contributed by atoms with van der Waals surface area (Å²) in [4.78, 5) is 0. The van der Waals surface area contributed by atoms with Gasteiger partial charge in [-0.05, 0) is 18.9 Å². The molecule has 3 nitrogen and oxygen atoms in total. The predicted octanol–water partition coefficient (Wildman–Crippen LogP) is 2.69. The molecule has 0 aliphatic carbocycles. The highest BCUT2D eigenvalue weighted by molar-refractivity contribution is 5.38. The molecular weight excluding hydrogens is 214 g/mol. The molecule has 3 heteroatoms. The van der Waals surface area contributed by atoms with Crippen molar-refractivity contribution in [1.82, 2.24) is 0 Å². The third kappa shape index (κ3) is 3.45. The van der Waals surface area contributed by atoms with Gasteiger partial charge in [-0.1, -0.05) is 32.0 Å². The van der Waals surface area contributed by atoms with Gasteiger partial charge in [0.2, 0.25) is 0 Å². The van der Waals surface area contributed by atoms with E-state index in [1.165, 1.54) is 0 Å². The van der Waals surface area contributed by atoms with Gasteiger partial charge < -0.3 is 15.2 Å². The molecule has 0 saturated carbocycles. The Morgan fingerprint density at radius 3 is 2.35 bits per heavy atom. The van der Waals surface area contributed by atoms with E-state index >= 15 is 0 Å². The van der Waals surface area contributed by atoms with Gasteiger partial charge in [0.1, 0.15) is 12.4 Å². The third-order valence-corrected chi connectivity index (χ3v) is 3.23. The highest BCUT2D eigenvalue weighted by Gasteiger charge is 2.26. The Morgan fingerprint density at radius 1 is 1.12 bits per heavy atom. The molecule has 17 heavy (non-hydrogen) atoms. The molecule has 1 aromatic carbocycles. The first kappa shape index (κ1) is 14.0. The molecule has 0 aliphatic heterocycles. The smallest absolute Gasteiger partial charge is 0.124 e. The summed E-state index contributed by atoms with van der Waals surface area (Å²) in [5.74, 6) is 0.871. The average molecular weight is 237 g/mol. The molecule has 0 unspecified atom stereocenters. The van der Waals surface area contributed by atoms with Crippen molar-refractivity contribution in [2.75, 3.05) is 20.3 Å². The second-order valence-electron chi connectivity index (χ2n) is 4.20. The van der Waals surface area contributed by atoms with Gasteiger partial charge in [-0.15, -0.1) is 0 Å². The van der Waals surface area contributed by atoms with Gasteiger partial charge in [-0.25, -0.2) is 0 Å². The Hall–Kier alpha value is -1.06. The number of hydrogen-bond donors (Lipinski definition) is 1. The van der Waals surface area contributed by atoms with Crippen LogP contribution in [-0.4, -0.2) is 20.3 Å². The topological polar surface area (TPSA) is 44.5 Å². The van der Waals surface area contributed by atoms with Crippen LogP contribution in [0, 0.1) is 0 Å². The van der Waals surface area contributed by atoms with Crippen LogP contribution in [0.15, 0.2) is 24.3 Å². The molecule has 1 aromatic rings. The molecule has 0 bridgehead atoms. The van der Waals surface area contributed by atoms with E-state index < -0.39 is 0 Å². The number of nitrogens with two attached hydrogens (primary N) is 1. The largest absolute Gasteiger partial charge is 0.491 e. The van der Waals surface area contributed by atoms with Crippen LogP contribution < -0.4 is 10.5 Å². The lowest BCUT2D eigenvalue weighted by atomic mass is 9.85. The first-order valence-corrected chi connectivity index (χ1v) is 6.18. The van der Waals surface area contributed by atoms with E-state index in [-0.39, 0.29) is 5.54 Å². The van der Waals surface area contributed by atoms with Crippen molar-refractivity contribution < 1.29 is 9.47 Å². The molecule has 0 spiro atoms. The minimum atomic E-state index is -0.302. The molecule has 0 radical (unpaired) electrons. The molecule has 0 aromatic heterocycles. The maximum absolute atomic E-state index is 6.41. The van der Waals surface area contributed by atoms with E-state index in [9.17, 15) is 0 Å². The van der Waals surface area contributed by atoms with Gasteiger partial charge in [-0.2, -0.15) is 0 Å². The second-order valence-corrected chi connectivity index (χ2v) is 4.20. The zero-order valence-corrected chi connectivity index (χ0v) is 11.0. The van der Waals surface area contributed by atoms with Crippen LogP contribution in [0.3, 0.4) is 0 Å². The summed E-state index contributed by atoms with van der Waals surface area (Å²) in [6.45, 7) is 5.35. The lowest BCUT2D eigenvalue weighted by molar-refractivity contribution is 0.144. The number of methoxy groups -OCH3 is 1. The molecule has 1 rings (SSSR count). The van der Waals surface area contributed by atoms with Crippen LogP contribution in [-0.2, 0) is 10.3 Å². The summed E-state index contributed by atoms with van der Waals surface area (Å²) in [5, 5.41) is 0. The third-order valence-electron chi connectivity index (χ3n) is 3.23. The average Bonchev–Trinajstić information content (AvgIpc) is 2.39. The SMILES string of the molecule is CCC(N)(CC)c1ccccc1OCCOC. The van der Waals surface area contributed by atoms with Crippen LogP contribution in [0.5, 0.6) is 5.75 Å². The van der Waals surface area contributed by atoms with Crippen molar-refractivity contribution >= 4 is 0 Å². The standard InChI is InChI=1S/C14H23NO2/c1-4-14(15,5-2)12-8-6-7-9-13(12)17-11-10-16-3/h6-9H,4-5,10-11,15H2,1-3H3. The molecule has 0 aliphatic rings. The van der Waals surface area contributed by atoms with E-state index in [2.05, 4.69) is 19.9 Å². The molecule has 0 amide bonds. The minimum absolute atomic E-state index is 0.302. The lowest BCUT2D eigenvalue weighted by Gasteiger charge is -2.29. The first-order valence-electron chi connectivity index (χ1n) is 6.18. The monoisotopic (exact) mass is 237 g/mol. The zero-order valence-electron chi connectivity index (χ0n) is 11.0. The van der Waals surface area contributed by atoms with E-state index in [1.807, 2.05) is 18.2 Å². The number of benzene rings is 1. The van der Waals surface area contributed by atoms with Crippen LogP contribution in [0.2, 0.25) is 0 Å². The Morgan fingerprint density at radius 2 is 1.76 bits per heavy atom. The summed E-state index contributed by atoms with van der Waals surface area (Å²) in [7, 11) is 1.67. The van der Waals surface area contributed by atoms with Crippen LogP contribution in [0.1, 0.15) is 32.3 Å². The number of rotatable bonds is 7. The quantitative estimate of drug-likeness (QED) is 0.741. The van der Waals surface area contributed by atoms with Crippen molar-refractivity contribution in [3.8, 4) is 5.75 Å². The molecule has 0 fully saturated rings. The van der Waals surface area contributed by atoms with E-state index in [0.29, 0.717) is 13.2 Å². The van der Waals surface area contributed by atoms with Gasteiger partial charge in [0, 0.05) is 18.2 Å². The normalized spacial score (nSPS) is 11.5. The fourth-order valence-corrected chi connectivity index (χ4v) is 1.87. The summed E-state index contributed by atoms with van der Waals surface area (Å²) in [6, 6.07) is 8.00. The number of hydrogen-bond acceptors (Lipinski definition) is 3. The predicted molar refractivity (Wildman–Crippen MR) is 70.3 cm³/mol. The molecule has 0 heterocycles. The summed E-state index contributed by atoms with van der Waals surface area (Å²) in [6.07, 6.45) is 1.79. The summed E-state index contributed by atoms with van der Waals surface area (Å²) in [5.41, 5.74) is 7.19. The van der Waals surface area contributed by atoms with Crippen molar-refractivity contribution in [2.24, 2.45) is 5.73 Å². The van der Waals surface area contributed by atoms with Crippen molar-refractivity contribution in [2.45, 2.75) is 32.2 Å². The highest BCUT2D eigenvalue weighted by atomic mass is 16.5. The van der Waals surface area contributed by atoms with E-state index in [4.69, 9.17) is 15.2 Å². The van der Waals surface area contributed by atoms with Crippen LogP contribution in [0.25, 0.3) is 0 Å². The zero-order chi connectivity index (χ0) is 12.7. The minimum Gasteiger partial charge on any atom is -0.491 e. The molecule has 96 valence electrons. The molecule has 0 atom stereocenters. The lowest BCUT2D eigenvalue weighted by Crippen LogP contribution is -2.35. The second kappa shape index (κ2) is 6.62. The Kier molecular flexibility index (Phi) is 5.45. The molecule has 2 N–H and O–H groups in total. The Balaban J connectivity index is 2.90. The summed E-state index contributed by atoms with van der Waals surface area (Å²) < 4.78 is 10.7. The van der Waals surface area contributed by atoms with Gasteiger partial charge in [0.15, 0.2) is 0 Å². The van der Waals surface area contributed by atoms with Crippen LogP contribution >= 0.6 is 0 Å². The maximum atomic E-state index is 6.41. The summed E-state index contributed by atoms with van der Waals surface area (Å²) >= 11 is 0. The first-order chi connectivity index (χ1) is 8.18.